The van der Waals surface area contributed by atoms with Crippen LogP contribution in [0.4, 0.5) is 0 Å². The van der Waals surface area contributed by atoms with Crippen molar-refractivity contribution in [3.8, 4) is 22.7 Å². The molecule has 0 aliphatic carbocycles. The molecule has 0 bridgehead atoms. The average molecular weight is 264 g/mol. The van der Waals surface area contributed by atoms with Crippen LogP contribution < -0.4 is 0 Å². The summed E-state index contributed by atoms with van der Waals surface area (Å²) < 4.78 is 17.4. The van der Waals surface area contributed by atoms with Crippen molar-refractivity contribution in [2.24, 2.45) is 0 Å². The van der Waals surface area contributed by atoms with Crippen LogP contribution in [0.5, 0.6) is 0 Å². The summed E-state index contributed by atoms with van der Waals surface area (Å²) in [7, 11) is 0. The number of hydrogen-bond donors (Lipinski definition) is 0. The number of hydrogen-bond acceptors (Lipinski definition) is 5. The van der Waals surface area contributed by atoms with Gasteiger partial charge in [-0.2, -0.15) is 4.98 Å². The second-order valence-corrected chi connectivity index (χ2v) is 4.32. The average Bonchev–Trinajstić information content (AvgIpc) is 3.13. The zero-order chi connectivity index (χ0) is 14.2. The van der Waals surface area contributed by atoms with Crippen molar-refractivity contribution in [2.75, 3.05) is 0 Å². The zero-order valence-electron chi connectivity index (χ0n) is 11.3. The Morgan fingerprint density at radius 2 is 1.85 bits per heavy atom. The van der Waals surface area contributed by atoms with Crippen molar-refractivity contribution in [3.63, 3.8) is 0 Å². The summed E-state index contributed by atoms with van der Waals surface area (Å²) in [5.41, 5.74) is 2.46. The van der Waals surface area contributed by atoms with E-state index < -0.39 is 0 Å². The molecule has 20 heavy (non-hydrogen) atoms. The summed E-state index contributed by atoms with van der Waals surface area (Å²) in [6, 6.07) is 15.3. The van der Waals surface area contributed by atoms with E-state index >= 15 is 0 Å². The molecule has 96 valence electrons. The van der Waals surface area contributed by atoms with E-state index in [1.165, 1.54) is 0 Å². The van der Waals surface area contributed by atoms with E-state index in [9.17, 15) is 0 Å². The molecule has 0 unspecified atom stereocenters. The normalized spacial score (nSPS) is 11.7. The summed E-state index contributed by atoms with van der Waals surface area (Å²) >= 11 is 0. The quantitative estimate of drug-likeness (QED) is 0.554. The van der Waals surface area contributed by atoms with Crippen molar-refractivity contribution in [3.05, 3.63) is 54.9 Å². The van der Waals surface area contributed by atoms with Crippen LogP contribution in [-0.4, -0.2) is 15.3 Å². The second-order valence-electron chi connectivity index (χ2n) is 4.32. The largest absolute Gasteiger partial charge is 0.355 e. The molecule has 0 N–H and O–H groups in total. The highest BCUT2D eigenvalue weighted by atomic mass is 16.5. The van der Waals surface area contributed by atoms with Gasteiger partial charge in [-0.25, -0.2) is 0 Å². The summed E-state index contributed by atoms with van der Waals surface area (Å²) in [5.74, 6) is 1.07. The Hall–Kier alpha value is -2.95. The van der Waals surface area contributed by atoms with Crippen LogP contribution in [0.2, 0.25) is 0 Å². The van der Waals surface area contributed by atoms with E-state index in [0.717, 1.165) is 22.0 Å². The lowest BCUT2D eigenvalue weighted by atomic mass is 10.1. The van der Waals surface area contributed by atoms with E-state index in [1.54, 1.807) is 0 Å². The SMILES string of the molecule is [2H]c1nc(-c2ccc3noc(-c4ccccc4)c3c2)no1. The third kappa shape index (κ3) is 1.68. The summed E-state index contributed by atoms with van der Waals surface area (Å²) in [6.07, 6.45) is -0.210. The highest BCUT2D eigenvalue weighted by Crippen LogP contribution is 2.31. The van der Waals surface area contributed by atoms with Crippen molar-refractivity contribution >= 4 is 10.9 Å². The number of benzene rings is 2. The first-order chi connectivity index (χ1) is 10.3. The number of nitrogens with zero attached hydrogens (tertiary/aromatic N) is 3. The third-order valence-corrected chi connectivity index (χ3v) is 3.10. The molecule has 5 heteroatoms. The summed E-state index contributed by atoms with van der Waals surface area (Å²) in [5, 5.41) is 8.68. The fourth-order valence-electron chi connectivity index (χ4n) is 2.14. The highest BCUT2D eigenvalue weighted by Gasteiger charge is 2.12. The molecule has 4 aromatic rings. The third-order valence-electron chi connectivity index (χ3n) is 3.10. The standard InChI is InChI=1S/C15H9N3O2/c1-2-4-10(5-3-1)14-12-8-11(15-16-9-19-18-15)6-7-13(12)17-20-14/h1-9H/i9D. The first-order valence-corrected chi connectivity index (χ1v) is 6.07. The molecule has 0 spiro atoms. The van der Waals surface area contributed by atoms with Crippen LogP contribution in [0.3, 0.4) is 0 Å². The van der Waals surface area contributed by atoms with E-state index in [0.29, 0.717) is 11.6 Å². The Labute approximate surface area is 115 Å². The van der Waals surface area contributed by atoms with Crippen LogP contribution in [0.15, 0.2) is 63.9 Å². The lowest BCUT2D eigenvalue weighted by Crippen LogP contribution is -1.81. The molecule has 0 aliphatic rings. The van der Waals surface area contributed by atoms with Crippen LogP contribution in [0, 0.1) is 0 Å². The van der Waals surface area contributed by atoms with Crippen molar-refractivity contribution < 1.29 is 10.4 Å². The lowest BCUT2D eigenvalue weighted by Gasteiger charge is -1.97. The lowest BCUT2D eigenvalue weighted by molar-refractivity contribution is 0.419. The van der Waals surface area contributed by atoms with Gasteiger partial charge in [0.15, 0.2) is 5.76 Å². The Kier molecular flexibility index (Phi) is 2.13. The van der Waals surface area contributed by atoms with Crippen LogP contribution >= 0.6 is 0 Å². The monoisotopic (exact) mass is 264 g/mol. The first kappa shape index (κ1) is 9.91. The van der Waals surface area contributed by atoms with Gasteiger partial charge in [0.2, 0.25) is 12.2 Å². The van der Waals surface area contributed by atoms with Gasteiger partial charge in [0.25, 0.3) is 0 Å². The Balaban J connectivity index is 1.90. The molecule has 2 heterocycles. The van der Waals surface area contributed by atoms with Crippen LogP contribution in [0.25, 0.3) is 33.6 Å². The molecule has 0 atom stereocenters. The molecular formula is C15H9N3O2. The van der Waals surface area contributed by atoms with Crippen molar-refractivity contribution in [2.45, 2.75) is 0 Å². The highest BCUT2D eigenvalue weighted by molar-refractivity contribution is 5.93. The minimum Gasteiger partial charge on any atom is -0.355 e. The van der Waals surface area contributed by atoms with E-state index in [4.69, 9.17) is 10.4 Å². The van der Waals surface area contributed by atoms with Crippen LogP contribution in [-0.2, 0) is 0 Å². The Morgan fingerprint density at radius 3 is 2.65 bits per heavy atom. The molecule has 2 aromatic heterocycles. The maximum atomic E-state index is 7.30. The van der Waals surface area contributed by atoms with Gasteiger partial charge in [0, 0.05) is 11.1 Å². The van der Waals surface area contributed by atoms with Gasteiger partial charge in [-0.15, -0.1) is 0 Å². The number of rotatable bonds is 2. The fourth-order valence-corrected chi connectivity index (χ4v) is 2.14. The number of fused-ring (bicyclic) bond motifs is 1. The smallest absolute Gasteiger partial charge is 0.214 e. The summed E-state index contributed by atoms with van der Waals surface area (Å²) in [6.45, 7) is 0. The molecule has 0 aliphatic heterocycles. The van der Waals surface area contributed by atoms with E-state index in [2.05, 4.69) is 15.3 Å². The van der Waals surface area contributed by atoms with Gasteiger partial charge in [-0.05, 0) is 18.2 Å². The second kappa shape index (κ2) is 4.31. The van der Waals surface area contributed by atoms with Gasteiger partial charge in [-0.3, -0.25) is 0 Å². The fraction of sp³-hybridized carbons (Fsp3) is 0. The molecule has 0 saturated heterocycles. The number of aromatic nitrogens is 3. The molecule has 2 aromatic carbocycles. The van der Waals surface area contributed by atoms with Gasteiger partial charge >= 0.3 is 0 Å². The zero-order valence-corrected chi connectivity index (χ0v) is 10.3. The van der Waals surface area contributed by atoms with Crippen molar-refractivity contribution in [1.29, 1.82) is 0 Å². The predicted molar refractivity (Wildman–Crippen MR) is 72.7 cm³/mol. The minimum absolute atomic E-state index is 0.210. The topological polar surface area (TPSA) is 65.0 Å². The van der Waals surface area contributed by atoms with E-state index in [1.807, 2.05) is 48.5 Å². The molecular weight excluding hydrogens is 254 g/mol. The summed E-state index contributed by atoms with van der Waals surface area (Å²) in [4.78, 5) is 3.91. The predicted octanol–water partition coefficient (Wildman–Crippen LogP) is 3.54. The molecule has 5 nitrogen and oxygen atoms in total. The van der Waals surface area contributed by atoms with E-state index in [-0.39, 0.29) is 6.37 Å². The Morgan fingerprint density at radius 1 is 0.950 bits per heavy atom. The molecule has 4 rings (SSSR count). The van der Waals surface area contributed by atoms with Gasteiger partial charge < -0.3 is 9.05 Å². The Bertz CT molecular complexity index is 915. The van der Waals surface area contributed by atoms with Gasteiger partial charge in [-0.1, -0.05) is 40.6 Å². The molecule has 0 amide bonds. The maximum Gasteiger partial charge on any atom is 0.214 e. The van der Waals surface area contributed by atoms with Gasteiger partial charge in [0.05, 0.1) is 5.39 Å². The molecule has 0 saturated carbocycles. The first-order valence-electron chi connectivity index (χ1n) is 6.57. The van der Waals surface area contributed by atoms with Crippen LogP contribution in [0.1, 0.15) is 1.37 Å². The minimum atomic E-state index is -0.210. The van der Waals surface area contributed by atoms with Crippen molar-refractivity contribution in [1.82, 2.24) is 15.3 Å². The molecule has 0 fully saturated rings. The van der Waals surface area contributed by atoms with Gasteiger partial charge in [0.1, 0.15) is 6.89 Å². The maximum absolute atomic E-state index is 7.30. The molecule has 0 radical (unpaired) electrons.